The molecule has 0 radical (unpaired) electrons. The molecule has 2 aromatic carbocycles. The number of nitrogens with zero attached hydrogens (tertiary/aromatic N) is 4. The second kappa shape index (κ2) is 14.3. The van der Waals surface area contributed by atoms with Gasteiger partial charge in [-0.15, -0.1) is 0 Å². The average Bonchev–Trinajstić information content (AvgIpc) is 3.66. The van der Waals surface area contributed by atoms with Gasteiger partial charge in [0.25, 0.3) is 5.79 Å². The number of benzene rings is 2. The lowest BCUT2D eigenvalue weighted by atomic mass is 9.88. The average molecular weight is 749 g/mol. The zero-order valence-corrected chi connectivity index (χ0v) is 30.0. The van der Waals surface area contributed by atoms with E-state index in [0.717, 1.165) is 55.0 Å². The van der Waals surface area contributed by atoms with Crippen LogP contribution in [-0.2, 0) is 37.9 Å². The van der Waals surface area contributed by atoms with Gasteiger partial charge in [-0.2, -0.15) is 0 Å². The molecule has 3 N–H and O–H groups in total. The maximum atomic E-state index is 13.3. The van der Waals surface area contributed by atoms with Crippen LogP contribution >= 0.6 is 11.6 Å². The van der Waals surface area contributed by atoms with Crippen LogP contribution in [0.2, 0.25) is 5.02 Å². The fourth-order valence-electron chi connectivity index (χ4n) is 7.53. The van der Waals surface area contributed by atoms with Crippen molar-refractivity contribution in [2.24, 2.45) is 0 Å². The van der Waals surface area contributed by atoms with Crippen molar-refractivity contribution in [1.29, 1.82) is 0 Å². The minimum atomic E-state index is -1.75. The first-order valence-electron chi connectivity index (χ1n) is 17.8. The van der Waals surface area contributed by atoms with E-state index in [1.54, 1.807) is 30.5 Å². The predicted octanol–water partition coefficient (Wildman–Crippen LogP) is 3.45. The molecule has 6 heterocycles. The molecule has 7 atom stereocenters. The van der Waals surface area contributed by atoms with Crippen molar-refractivity contribution < 1.29 is 48.6 Å². The first kappa shape index (κ1) is 35.9. The van der Waals surface area contributed by atoms with Gasteiger partial charge < -0.3 is 43.6 Å². The molecule has 0 spiro atoms. The Morgan fingerprint density at radius 3 is 2.51 bits per heavy atom. The Labute approximate surface area is 310 Å². The van der Waals surface area contributed by atoms with E-state index in [4.69, 9.17) is 40.3 Å². The SMILES string of the molecule is CC(=O)[C@H]1O[C@@H](OC(=O)c2ccc3nc(CN4CCC(c5cccc6c5O[C@@](C)(c5ccc(Cl)cn5)O6)CC4)n(C[C@@H]4CCO4)c3c2)[C@H](O)[C@@H](O)[C@@H]1O. The molecule has 4 aliphatic heterocycles. The fraction of sp³-hybridized carbons (Fsp3) is 0.474. The number of carbonyl (C=O) groups is 2. The third kappa shape index (κ3) is 6.89. The van der Waals surface area contributed by atoms with Gasteiger partial charge in [-0.3, -0.25) is 14.7 Å². The van der Waals surface area contributed by atoms with Crippen LogP contribution in [0.3, 0.4) is 0 Å². The number of esters is 1. The summed E-state index contributed by atoms with van der Waals surface area (Å²) in [4.78, 5) is 37.0. The smallest absolute Gasteiger partial charge is 0.340 e. The van der Waals surface area contributed by atoms with Crippen LogP contribution in [-0.4, -0.2) is 103 Å². The van der Waals surface area contributed by atoms with Crippen LogP contribution in [0.5, 0.6) is 11.5 Å². The highest BCUT2D eigenvalue weighted by molar-refractivity contribution is 6.30. The zero-order chi connectivity index (χ0) is 37.0. The van der Waals surface area contributed by atoms with E-state index in [2.05, 4.69) is 20.5 Å². The second-order valence-corrected chi connectivity index (χ2v) is 14.7. The van der Waals surface area contributed by atoms with Crippen LogP contribution < -0.4 is 9.47 Å². The van der Waals surface area contributed by atoms with Gasteiger partial charge >= 0.3 is 5.97 Å². The molecule has 2 aromatic heterocycles. The Kier molecular flexibility index (Phi) is 9.64. The van der Waals surface area contributed by atoms with E-state index < -0.39 is 48.2 Å². The number of hydrogen-bond acceptors (Lipinski definition) is 13. The topological polar surface area (TPSA) is 175 Å². The summed E-state index contributed by atoms with van der Waals surface area (Å²) in [5.41, 5.74) is 3.34. The molecule has 53 heavy (non-hydrogen) atoms. The summed E-state index contributed by atoms with van der Waals surface area (Å²) < 4.78 is 31.4. The normalized spacial score (nSPS) is 28.9. The molecular weight excluding hydrogens is 708 g/mol. The lowest BCUT2D eigenvalue weighted by Crippen LogP contribution is -2.60. The van der Waals surface area contributed by atoms with E-state index in [1.165, 1.54) is 6.92 Å². The number of ether oxygens (including phenoxy) is 5. The maximum Gasteiger partial charge on any atom is 0.340 e. The molecule has 14 nitrogen and oxygen atoms in total. The van der Waals surface area contributed by atoms with E-state index >= 15 is 0 Å². The number of aliphatic hydroxyl groups excluding tert-OH is 3. The van der Waals surface area contributed by atoms with Crippen LogP contribution in [0.1, 0.15) is 66.5 Å². The Morgan fingerprint density at radius 2 is 1.81 bits per heavy atom. The molecule has 15 heteroatoms. The third-order valence-corrected chi connectivity index (χ3v) is 10.9. The number of aromatic nitrogens is 3. The van der Waals surface area contributed by atoms with Gasteiger partial charge in [0.15, 0.2) is 17.3 Å². The summed E-state index contributed by atoms with van der Waals surface area (Å²) in [7, 11) is 0. The first-order chi connectivity index (χ1) is 25.5. The number of halogens is 1. The molecule has 8 rings (SSSR count). The summed E-state index contributed by atoms with van der Waals surface area (Å²) in [6.07, 6.45) is -3.92. The van der Waals surface area contributed by atoms with Crippen molar-refractivity contribution in [2.45, 2.75) is 94.7 Å². The molecule has 3 saturated heterocycles. The molecule has 3 fully saturated rings. The van der Waals surface area contributed by atoms with Crippen molar-refractivity contribution >= 4 is 34.4 Å². The largest absolute Gasteiger partial charge is 0.443 e. The number of para-hydroxylation sites is 1. The highest BCUT2D eigenvalue weighted by Crippen LogP contribution is 2.49. The Morgan fingerprint density at radius 1 is 1.02 bits per heavy atom. The highest BCUT2D eigenvalue weighted by Gasteiger charge is 2.47. The van der Waals surface area contributed by atoms with Gasteiger partial charge in [0.2, 0.25) is 6.29 Å². The van der Waals surface area contributed by atoms with Crippen LogP contribution in [0, 0.1) is 0 Å². The molecule has 280 valence electrons. The summed E-state index contributed by atoms with van der Waals surface area (Å²) in [6, 6.07) is 14.6. The second-order valence-electron chi connectivity index (χ2n) is 14.3. The molecule has 0 aliphatic carbocycles. The molecule has 4 aromatic rings. The molecular formula is C38H41ClN4O10. The van der Waals surface area contributed by atoms with Crippen molar-refractivity contribution in [2.75, 3.05) is 19.7 Å². The van der Waals surface area contributed by atoms with Gasteiger partial charge in [0.05, 0.1) is 40.8 Å². The van der Waals surface area contributed by atoms with Crippen molar-refractivity contribution in [3.63, 3.8) is 0 Å². The summed E-state index contributed by atoms with van der Waals surface area (Å²) in [5, 5.41) is 31.4. The number of pyridine rings is 1. The molecule has 4 aliphatic rings. The van der Waals surface area contributed by atoms with Gasteiger partial charge in [-0.1, -0.05) is 23.7 Å². The molecule has 0 unspecified atom stereocenters. The van der Waals surface area contributed by atoms with E-state index in [9.17, 15) is 24.9 Å². The Balaban J connectivity index is 0.969. The molecule has 0 bridgehead atoms. The number of fused-ring (bicyclic) bond motifs is 2. The number of aliphatic hydroxyl groups is 3. The number of carbonyl (C=O) groups excluding carboxylic acids is 2. The minimum absolute atomic E-state index is 0.0193. The Bertz CT molecular complexity index is 2010. The van der Waals surface area contributed by atoms with Gasteiger partial charge in [-0.05, 0) is 81.6 Å². The first-order valence-corrected chi connectivity index (χ1v) is 18.2. The summed E-state index contributed by atoms with van der Waals surface area (Å²) in [5.74, 6) is 0.0896. The van der Waals surface area contributed by atoms with E-state index in [1.807, 2.05) is 25.1 Å². The predicted molar refractivity (Wildman–Crippen MR) is 188 cm³/mol. The summed E-state index contributed by atoms with van der Waals surface area (Å²) >= 11 is 6.07. The summed E-state index contributed by atoms with van der Waals surface area (Å²) in [6.45, 7) is 6.54. The molecule has 0 amide bonds. The maximum absolute atomic E-state index is 13.3. The standard InChI is InChI=1S/C38H41ClN4O10/c1-20(44)34-32(46)31(45)33(47)37(50-34)51-36(48)22-6-8-26-27(16-22)43(18-24-12-15-49-24)30(41-26)19-42-13-10-21(11-14-42)25-4-3-5-28-35(25)53-38(2,52-28)29-9-7-23(39)17-40-29/h3-9,16-17,21,24,31-34,37,45-47H,10-15,18-19H2,1-2H3/t24-,31-,32-,33+,34+,37-,38-/m0/s1. The Hall–Kier alpha value is -4.15. The van der Waals surface area contributed by atoms with E-state index in [0.29, 0.717) is 41.7 Å². The van der Waals surface area contributed by atoms with Crippen LogP contribution in [0.25, 0.3) is 11.0 Å². The van der Waals surface area contributed by atoms with Crippen molar-refractivity contribution in [3.05, 3.63) is 82.4 Å². The van der Waals surface area contributed by atoms with Gasteiger partial charge in [0, 0.05) is 25.3 Å². The van der Waals surface area contributed by atoms with E-state index in [-0.39, 0.29) is 17.6 Å². The zero-order valence-electron chi connectivity index (χ0n) is 29.3. The third-order valence-electron chi connectivity index (χ3n) is 10.6. The highest BCUT2D eigenvalue weighted by atomic mass is 35.5. The number of piperidine rings is 1. The fourth-order valence-corrected chi connectivity index (χ4v) is 7.64. The number of likely N-dealkylation sites (tertiary alicyclic amines) is 1. The minimum Gasteiger partial charge on any atom is -0.443 e. The number of Topliss-reactive ketones (excluding diaryl/α,β-unsaturated/α-hetero) is 1. The van der Waals surface area contributed by atoms with Crippen molar-refractivity contribution in [3.8, 4) is 11.5 Å². The number of rotatable bonds is 9. The van der Waals surface area contributed by atoms with Crippen LogP contribution in [0.4, 0.5) is 0 Å². The lowest BCUT2D eigenvalue weighted by Gasteiger charge is -2.38. The van der Waals surface area contributed by atoms with Gasteiger partial charge in [0.1, 0.15) is 35.9 Å². The molecule has 0 saturated carbocycles. The van der Waals surface area contributed by atoms with Crippen LogP contribution in [0.15, 0.2) is 54.7 Å². The number of ketones is 1. The van der Waals surface area contributed by atoms with Crippen molar-refractivity contribution in [1.82, 2.24) is 19.4 Å². The number of hydrogen-bond donors (Lipinski definition) is 3. The number of imidazole rings is 1. The van der Waals surface area contributed by atoms with Gasteiger partial charge in [-0.25, -0.2) is 9.78 Å². The quantitative estimate of drug-likeness (QED) is 0.213. The monoisotopic (exact) mass is 748 g/mol. The lowest BCUT2D eigenvalue weighted by molar-refractivity contribution is -0.273.